The molecule has 0 radical (unpaired) electrons. The first kappa shape index (κ1) is 19.3. The van der Waals surface area contributed by atoms with E-state index in [-0.39, 0.29) is 22.8 Å². The third kappa shape index (κ3) is 4.34. The van der Waals surface area contributed by atoms with Crippen LogP contribution in [0.5, 0.6) is 0 Å². The Labute approximate surface area is 168 Å². The van der Waals surface area contributed by atoms with Gasteiger partial charge in [0.1, 0.15) is 0 Å². The van der Waals surface area contributed by atoms with Gasteiger partial charge in [0, 0.05) is 31.4 Å². The standard InChI is InChI=1S/C20H20N4O4S/c25-19(17-7-4-10-21-13-17)24-11-8-16(9-12-24)18-22-23-20(28-18)29(26,27)14-15-5-2-1-3-6-15/h1-7,10,13,16H,8-9,11-12,14H2. The van der Waals surface area contributed by atoms with Gasteiger partial charge in [-0.1, -0.05) is 35.4 Å². The normalized spacial score (nSPS) is 15.4. The van der Waals surface area contributed by atoms with Gasteiger partial charge < -0.3 is 9.32 Å². The molecule has 1 aliphatic rings. The number of aromatic nitrogens is 3. The molecule has 1 amide bonds. The number of carbonyl (C=O) groups is 1. The summed E-state index contributed by atoms with van der Waals surface area (Å²) in [6.45, 7) is 1.07. The van der Waals surface area contributed by atoms with Crippen LogP contribution in [-0.4, -0.2) is 47.5 Å². The van der Waals surface area contributed by atoms with Crippen molar-refractivity contribution in [2.75, 3.05) is 13.1 Å². The van der Waals surface area contributed by atoms with Crippen LogP contribution in [0.25, 0.3) is 0 Å². The fourth-order valence-electron chi connectivity index (χ4n) is 3.37. The largest absolute Gasteiger partial charge is 0.412 e. The maximum absolute atomic E-state index is 12.5. The Morgan fingerprint density at radius 2 is 1.83 bits per heavy atom. The van der Waals surface area contributed by atoms with Crippen molar-refractivity contribution in [2.45, 2.75) is 29.7 Å². The van der Waals surface area contributed by atoms with Crippen LogP contribution in [0.2, 0.25) is 0 Å². The summed E-state index contributed by atoms with van der Waals surface area (Å²) < 4.78 is 30.6. The molecule has 29 heavy (non-hydrogen) atoms. The SMILES string of the molecule is O=C(c1cccnc1)N1CCC(c2nnc(S(=O)(=O)Cc3ccccc3)o2)CC1. The molecule has 0 unspecified atom stereocenters. The molecular weight excluding hydrogens is 392 g/mol. The number of piperidine rings is 1. The molecule has 0 saturated carbocycles. The topological polar surface area (TPSA) is 106 Å². The van der Waals surface area contributed by atoms with E-state index in [1.165, 1.54) is 0 Å². The molecule has 2 aromatic heterocycles. The average Bonchev–Trinajstić information content (AvgIpc) is 3.26. The lowest BCUT2D eigenvalue weighted by Crippen LogP contribution is -2.38. The number of rotatable bonds is 5. The van der Waals surface area contributed by atoms with Crippen LogP contribution in [-0.2, 0) is 15.6 Å². The van der Waals surface area contributed by atoms with Gasteiger partial charge in [-0.2, -0.15) is 0 Å². The van der Waals surface area contributed by atoms with Crippen molar-refractivity contribution in [3.8, 4) is 0 Å². The molecule has 9 heteroatoms. The third-order valence-electron chi connectivity index (χ3n) is 4.93. The van der Waals surface area contributed by atoms with Gasteiger partial charge in [0.2, 0.25) is 15.7 Å². The Balaban J connectivity index is 1.40. The number of carbonyl (C=O) groups excluding carboxylic acids is 1. The van der Waals surface area contributed by atoms with Crippen molar-refractivity contribution in [1.82, 2.24) is 20.1 Å². The predicted octanol–water partition coefficient (Wildman–Crippen LogP) is 2.46. The van der Waals surface area contributed by atoms with Gasteiger partial charge in [-0.15, -0.1) is 5.10 Å². The molecule has 1 aliphatic heterocycles. The highest BCUT2D eigenvalue weighted by Crippen LogP contribution is 2.29. The number of pyridine rings is 1. The molecular formula is C20H20N4O4S. The van der Waals surface area contributed by atoms with Crippen LogP contribution in [0.4, 0.5) is 0 Å². The maximum Gasteiger partial charge on any atom is 0.335 e. The zero-order chi connectivity index (χ0) is 20.3. The highest BCUT2D eigenvalue weighted by molar-refractivity contribution is 7.90. The molecule has 150 valence electrons. The summed E-state index contributed by atoms with van der Waals surface area (Å²) in [7, 11) is -3.70. The number of hydrogen-bond donors (Lipinski definition) is 0. The van der Waals surface area contributed by atoms with Crippen molar-refractivity contribution in [2.24, 2.45) is 0 Å². The molecule has 0 aliphatic carbocycles. The van der Waals surface area contributed by atoms with Crippen LogP contribution in [0.3, 0.4) is 0 Å². The first-order chi connectivity index (χ1) is 14.0. The number of sulfone groups is 1. The van der Waals surface area contributed by atoms with Gasteiger partial charge in [0.05, 0.1) is 11.3 Å². The summed E-state index contributed by atoms with van der Waals surface area (Å²) in [6.07, 6.45) is 4.44. The van der Waals surface area contributed by atoms with E-state index in [4.69, 9.17) is 4.42 Å². The number of benzene rings is 1. The minimum Gasteiger partial charge on any atom is -0.412 e. The van der Waals surface area contributed by atoms with Crippen molar-refractivity contribution in [1.29, 1.82) is 0 Å². The Kier molecular flexibility index (Phi) is 5.39. The molecule has 1 aromatic carbocycles. The van der Waals surface area contributed by atoms with Crippen LogP contribution in [0.15, 0.2) is 64.5 Å². The van der Waals surface area contributed by atoms with Gasteiger partial charge in [-0.3, -0.25) is 9.78 Å². The highest BCUT2D eigenvalue weighted by Gasteiger charge is 2.30. The lowest BCUT2D eigenvalue weighted by Gasteiger charge is -2.30. The summed E-state index contributed by atoms with van der Waals surface area (Å²) in [5.74, 6) is -0.00693. The summed E-state index contributed by atoms with van der Waals surface area (Å²) in [5.41, 5.74) is 1.22. The number of nitrogens with zero attached hydrogens (tertiary/aromatic N) is 4. The minimum atomic E-state index is -3.70. The van der Waals surface area contributed by atoms with E-state index in [2.05, 4.69) is 15.2 Å². The molecule has 0 N–H and O–H groups in total. The monoisotopic (exact) mass is 412 g/mol. The third-order valence-corrected chi connectivity index (χ3v) is 6.34. The smallest absolute Gasteiger partial charge is 0.335 e. The number of hydrogen-bond acceptors (Lipinski definition) is 7. The minimum absolute atomic E-state index is 0.0618. The second kappa shape index (κ2) is 8.12. The highest BCUT2D eigenvalue weighted by atomic mass is 32.2. The molecule has 0 bridgehead atoms. The van der Waals surface area contributed by atoms with E-state index in [1.54, 1.807) is 53.7 Å². The van der Waals surface area contributed by atoms with E-state index in [0.29, 0.717) is 42.9 Å². The van der Waals surface area contributed by atoms with E-state index < -0.39 is 9.84 Å². The van der Waals surface area contributed by atoms with E-state index >= 15 is 0 Å². The zero-order valence-electron chi connectivity index (χ0n) is 15.6. The Bertz CT molecular complexity index is 1080. The van der Waals surface area contributed by atoms with E-state index in [0.717, 1.165) is 0 Å². The first-order valence-electron chi connectivity index (χ1n) is 9.32. The molecule has 1 fully saturated rings. The molecule has 0 spiro atoms. The molecule has 8 nitrogen and oxygen atoms in total. The quantitative estimate of drug-likeness (QED) is 0.634. The maximum atomic E-state index is 12.5. The molecule has 1 saturated heterocycles. The second-order valence-electron chi connectivity index (χ2n) is 6.96. The predicted molar refractivity (Wildman–Crippen MR) is 104 cm³/mol. The van der Waals surface area contributed by atoms with Crippen molar-refractivity contribution in [3.63, 3.8) is 0 Å². The Morgan fingerprint density at radius 3 is 2.52 bits per heavy atom. The second-order valence-corrected chi connectivity index (χ2v) is 8.83. The Morgan fingerprint density at radius 1 is 1.07 bits per heavy atom. The summed E-state index contributed by atoms with van der Waals surface area (Å²) in [4.78, 5) is 18.2. The zero-order valence-corrected chi connectivity index (χ0v) is 16.5. The van der Waals surface area contributed by atoms with Gasteiger partial charge in [0.15, 0.2) is 0 Å². The van der Waals surface area contributed by atoms with Gasteiger partial charge in [0.25, 0.3) is 5.91 Å². The van der Waals surface area contributed by atoms with E-state index in [9.17, 15) is 13.2 Å². The first-order valence-corrected chi connectivity index (χ1v) is 11.0. The lowest BCUT2D eigenvalue weighted by atomic mass is 9.96. The van der Waals surface area contributed by atoms with Crippen molar-refractivity contribution >= 4 is 15.7 Å². The number of likely N-dealkylation sites (tertiary alicyclic amines) is 1. The lowest BCUT2D eigenvalue weighted by molar-refractivity contribution is 0.0705. The van der Waals surface area contributed by atoms with Gasteiger partial charge >= 0.3 is 5.22 Å². The van der Waals surface area contributed by atoms with E-state index in [1.807, 2.05) is 6.07 Å². The van der Waals surface area contributed by atoms with Crippen molar-refractivity contribution < 1.29 is 17.6 Å². The summed E-state index contributed by atoms with van der Waals surface area (Å²) in [6, 6.07) is 12.3. The van der Waals surface area contributed by atoms with Crippen LogP contribution in [0, 0.1) is 0 Å². The average molecular weight is 412 g/mol. The van der Waals surface area contributed by atoms with Gasteiger partial charge in [-0.05, 0) is 30.5 Å². The Hall–Kier alpha value is -3.07. The molecule has 3 aromatic rings. The summed E-state index contributed by atoms with van der Waals surface area (Å²) >= 11 is 0. The summed E-state index contributed by atoms with van der Waals surface area (Å²) in [5, 5.41) is 7.38. The van der Waals surface area contributed by atoms with Gasteiger partial charge in [-0.25, -0.2) is 8.42 Å². The molecule has 0 atom stereocenters. The molecule has 3 heterocycles. The fourth-order valence-corrected chi connectivity index (χ4v) is 4.50. The van der Waals surface area contributed by atoms with Crippen LogP contribution < -0.4 is 0 Å². The fraction of sp³-hybridized carbons (Fsp3) is 0.300. The molecule has 4 rings (SSSR count). The van der Waals surface area contributed by atoms with Crippen molar-refractivity contribution in [3.05, 3.63) is 71.9 Å². The van der Waals surface area contributed by atoms with Crippen LogP contribution >= 0.6 is 0 Å². The van der Waals surface area contributed by atoms with Crippen LogP contribution in [0.1, 0.15) is 40.6 Å². The number of amides is 1.